The summed E-state index contributed by atoms with van der Waals surface area (Å²) in [7, 11) is -4.26. The van der Waals surface area contributed by atoms with Gasteiger partial charge in [0.15, 0.2) is 11.9 Å². The van der Waals surface area contributed by atoms with Crippen molar-refractivity contribution in [3.8, 4) is 0 Å². The average molecular weight is 654 g/mol. The molecule has 0 aliphatic carbocycles. The molecule has 0 fully saturated rings. The summed E-state index contributed by atoms with van der Waals surface area (Å²) >= 11 is 0. The highest BCUT2D eigenvalue weighted by molar-refractivity contribution is 7.46. The molecule has 44 heavy (non-hydrogen) atoms. The summed E-state index contributed by atoms with van der Waals surface area (Å²) in [6.45, 7) is 3.90. The lowest BCUT2D eigenvalue weighted by atomic mass is 10.0. The zero-order valence-electron chi connectivity index (χ0n) is 28.1. The van der Waals surface area contributed by atoms with Crippen molar-refractivity contribution in [2.24, 2.45) is 5.73 Å². The van der Waals surface area contributed by atoms with Gasteiger partial charge in [-0.2, -0.15) is 0 Å². The smallest absolute Gasteiger partial charge is 0.451 e. The van der Waals surface area contributed by atoms with Crippen LogP contribution in [0, 0.1) is 0 Å². The third kappa shape index (κ3) is 34.0. The Labute approximate surface area is 268 Å². The van der Waals surface area contributed by atoms with Crippen molar-refractivity contribution in [1.82, 2.24) is 0 Å². The van der Waals surface area contributed by atoms with Crippen molar-refractivity contribution in [1.29, 1.82) is 0 Å². The minimum Gasteiger partial charge on any atom is -0.451 e. The molecule has 0 aliphatic heterocycles. The van der Waals surface area contributed by atoms with E-state index in [4.69, 9.17) is 20.3 Å². The minimum atomic E-state index is -4.26. The molecule has 2 unspecified atom stereocenters. The quantitative estimate of drug-likeness (QED) is 0.0290. The number of ketones is 1. The van der Waals surface area contributed by atoms with Crippen molar-refractivity contribution in [3.05, 3.63) is 0 Å². The number of rotatable bonds is 31. The number of aliphatic hydroxyl groups excluding tert-OH is 2. The number of ether oxygens (including phenoxy) is 1. The van der Waals surface area contributed by atoms with E-state index in [0.29, 0.717) is 0 Å². The molecule has 264 valence electrons. The van der Waals surface area contributed by atoms with E-state index < -0.39 is 32.6 Å². The van der Waals surface area contributed by atoms with Crippen LogP contribution >= 0.6 is 7.82 Å². The summed E-state index contributed by atoms with van der Waals surface area (Å²) in [6.07, 6.45) is 24.4. The molecule has 11 heteroatoms. The SMILES string of the molecule is CCCCCCCCCCCCCC(=O)OC(C(=O)CCCCCCCCCCCCC)C(O)CO.NCCOP(=O)(O)O. The van der Waals surface area contributed by atoms with Crippen LogP contribution in [0.4, 0.5) is 0 Å². The van der Waals surface area contributed by atoms with Gasteiger partial charge < -0.3 is 30.5 Å². The zero-order chi connectivity index (χ0) is 33.3. The van der Waals surface area contributed by atoms with Crippen LogP contribution in [-0.2, 0) is 23.4 Å². The molecule has 0 saturated carbocycles. The Morgan fingerprint density at radius 1 is 0.659 bits per heavy atom. The fourth-order valence-corrected chi connectivity index (χ4v) is 5.21. The van der Waals surface area contributed by atoms with Crippen LogP contribution in [0.25, 0.3) is 0 Å². The number of carbonyl (C=O) groups is 2. The monoisotopic (exact) mass is 653 g/mol. The molecule has 10 nitrogen and oxygen atoms in total. The van der Waals surface area contributed by atoms with E-state index in [1.165, 1.54) is 103 Å². The predicted octanol–water partition coefficient (Wildman–Crippen LogP) is 7.28. The summed E-state index contributed by atoms with van der Waals surface area (Å²) in [4.78, 5) is 40.7. The Morgan fingerprint density at radius 3 is 1.34 bits per heavy atom. The summed E-state index contributed by atoms with van der Waals surface area (Å²) < 4.78 is 19.0. The standard InChI is InChI=1S/C31H60O5.C2H8NO4P/c1-3-5-7-9-11-13-15-17-19-21-23-25-28(33)31(29(34)27-32)36-30(35)26-24-22-20-18-16-14-12-10-8-6-4-2;3-1-2-7-8(4,5)6/h29,31-32,34H,3-27H2,1-2H3;1-3H2,(H2,4,5,6). The summed E-state index contributed by atoms with van der Waals surface area (Å²) in [5, 5.41) is 19.3. The first kappa shape index (κ1) is 45.3. The molecule has 0 aromatic heterocycles. The predicted molar refractivity (Wildman–Crippen MR) is 177 cm³/mol. The van der Waals surface area contributed by atoms with Crippen LogP contribution in [0.15, 0.2) is 0 Å². The largest absolute Gasteiger partial charge is 0.469 e. The van der Waals surface area contributed by atoms with Gasteiger partial charge in [-0.05, 0) is 12.8 Å². The van der Waals surface area contributed by atoms with Gasteiger partial charge in [-0.1, -0.05) is 142 Å². The topological polar surface area (TPSA) is 177 Å². The molecule has 2 atom stereocenters. The average Bonchev–Trinajstić information content (AvgIpc) is 2.99. The number of aliphatic hydroxyl groups is 2. The summed E-state index contributed by atoms with van der Waals surface area (Å²) in [5.41, 5.74) is 4.87. The molecule has 0 radical (unpaired) electrons. The lowest BCUT2D eigenvalue weighted by molar-refractivity contribution is -0.163. The number of hydrogen-bond acceptors (Lipinski definition) is 8. The van der Waals surface area contributed by atoms with Crippen molar-refractivity contribution in [2.45, 2.75) is 180 Å². The Balaban J connectivity index is 0. The molecular formula is C33H68NO9P. The van der Waals surface area contributed by atoms with Gasteiger partial charge in [-0.3, -0.25) is 14.1 Å². The lowest BCUT2D eigenvalue weighted by Crippen LogP contribution is -2.40. The van der Waals surface area contributed by atoms with Gasteiger partial charge >= 0.3 is 13.8 Å². The van der Waals surface area contributed by atoms with Crippen LogP contribution in [0.2, 0.25) is 0 Å². The molecular weight excluding hydrogens is 585 g/mol. The fourth-order valence-electron chi connectivity index (χ4n) is 4.87. The third-order valence-corrected chi connectivity index (χ3v) is 8.02. The van der Waals surface area contributed by atoms with Crippen LogP contribution in [0.5, 0.6) is 0 Å². The number of phosphoric acid groups is 1. The van der Waals surface area contributed by atoms with Crippen LogP contribution < -0.4 is 5.73 Å². The summed E-state index contributed by atoms with van der Waals surface area (Å²) in [5.74, 6) is -0.726. The van der Waals surface area contributed by atoms with E-state index in [1.807, 2.05) is 0 Å². The van der Waals surface area contributed by atoms with E-state index >= 15 is 0 Å². The Kier molecular flexibility index (Phi) is 34.4. The highest BCUT2D eigenvalue weighted by atomic mass is 31.2. The highest BCUT2D eigenvalue weighted by Crippen LogP contribution is 2.34. The van der Waals surface area contributed by atoms with Gasteiger partial charge in [0.05, 0.1) is 13.2 Å². The number of carbonyl (C=O) groups excluding carboxylic acids is 2. The van der Waals surface area contributed by atoms with Crippen molar-refractivity contribution in [2.75, 3.05) is 19.8 Å². The second kappa shape index (κ2) is 33.5. The van der Waals surface area contributed by atoms with Crippen molar-refractivity contribution >= 4 is 19.6 Å². The first-order valence-corrected chi connectivity index (χ1v) is 19.1. The maximum atomic E-state index is 12.6. The van der Waals surface area contributed by atoms with Gasteiger partial charge in [-0.15, -0.1) is 0 Å². The molecule has 0 aliphatic rings. The van der Waals surface area contributed by atoms with Gasteiger partial charge in [0.2, 0.25) is 0 Å². The molecule has 6 N–H and O–H groups in total. The van der Waals surface area contributed by atoms with E-state index in [-0.39, 0.29) is 31.8 Å². The number of hydrogen-bond donors (Lipinski definition) is 5. The zero-order valence-corrected chi connectivity index (χ0v) is 29.0. The lowest BCUT2D eigenvalue weighted by Gasteiger charge is -2.20. The van der Waals surface area contributed by atoms with Crippen molar-refractivity contribution in [3.63, 3.8) is 0 Å². The van der Waals surface area contributed by atoms with Gasteiger partial charge in [0.1, 0.15) is 6.10 Å². The van der Waals surface area contributed by atoms with Gasteiger partial charge in [0, 0.05) is 19.4 Å². The number of Topliss-reactive ketones (excluding diaryl/α,β-unsaturated/α-hetero) is 1. The Morgan fingerprint density at radius 2 is 1.02 bits per heavy atom. The first-order valence-electron chi connectivity index (χ1n) is 17.5. The molecule has 0 heterocycles. The molecule has 0 rings (SSSR count). The van der Waals surface area contributed by atoms with Crippen LogP contribution in [0.1, 0.15) is 168 Å². The Hall–Kier alpha value is -0.870. The third-order valence-electron chi connectivity index (χ3n) is 7.50. The number of phosphoric ester groups is 1. The van der Waals surface area contributed by atoms with Gasteiger partial charge in [-0.25, -0.2) is 4.57 Å². The molecule has 0 spiro atoms. The molecule has 0 amide bonds. The number of unbranched alkanes of at least 4 members (excludes halogenated alkanes) is 20. The van der Waals surface area contributed by atoms with E-state index in [0.717, 1.165) is 38.5 Å². The maximum Gasteiger partial charge on any atom is 0.469 e. The highest BCUT2D eigenvalue weighted by Gasteiger charge is 2.29. The minimum absolute atomic E-state index is 0.107. The first-order chi connectivity index (χ1) is 21.1. The number of nitrogens with two attached hydrogens (primary N) is 1. The summed E-state index contributed by atoms with van der Waals surface area (Å²) in [6, 6.07) is 0. The molecule has 0 bridgehead atoms. The Bertz CT molecular complexity index is 690. The fraction of sp³-hybridized carbons (Fsp3) is 0.939. The van der Waals surface area contributed by atoms with Crippen LogP contribution in [0.3, 0.4) is 0 Å². The van der Waals surface area contributed by atoms with E-state index in [1.54, 1.807) is 0 Å². The van der Waals surface area contributed by atoms with E-state index in [9.17, 15) is 24.4 Å². The molecule has 0 aromatic carbocycles. The number of esters is 1. The molecule has 0 aromatic rings. The van der Waals surface area contributed by atoms with Crippen LogP contribution in [-0.4, -0.2) is 63.7 Å². The maximum absolute atomic E-state index is 12.6. The molecule has 0 saturated heterocycles. The second-order valence-electron chi connectivity index (χ2n) is 11.8. The van der Waals surface area contributed by atoms with E-state index in [2.05, 4.69) is 18.4 Å². The van der Waals surface area contributed by atoms with Gasteiger partial charge in [0.25, 0.3) is 0 Å². The second-order valence-corrected chi connectivity index (χ2v) is 13.0. The van der Waals surface area contributed by atoms with Crippen molar-refractivity contribution < 1.29 is 43.4 Å². The normalized spacial score (nSPS) is 12.8.